The number of hydrazone groups is 1. The molecule has 1 aliphatic rings. The molecule has 0 aliphatic carbocycles. The van der Waals surface area contributed by atoms with Crippen LogP contribution in [0.4, 0.5) is 17.2 Å². The maximum atomic E-state index is 6.01. The molecule has 166 valence electrons. The molecule has 9 nitrogen and oxygen atoms in total. The van der Waals surface area contributed by atoms with Gasteiger partial charge in [-0.1, -0.05) is 12.1 Å². The number of aromatic nitrogens is 3. The molecular formula is C23H27N7O2. The van der Waals surface area contributed by atoms with Crippen molar-refractivity contribution in [2.75, 3.05) is 49.0 Å². The zero-order valence-electron chi connectivity index (χ0n) is 18.1. The Kier molecular flexibility index (Phi) is 7.08. The number of nitrogens with two attached hydrogens (primary N) is 1. The largest absolute Gasteiger partial charge is 0.477 e. The van der Waals surface area contributed by atoms with E-state index < -0.39 is 0 Å². The van der Waals surface area contributed by atoms with Gasteiger partial charge in [-0.25, -0.2) is 4.98 Å². The van der Waals surface area contributed by atoms with Gasteiger partial charge in [-0.3, -0.25) is 10.4 Å². The summed E-state index contributed by atoms with van der Waals surface area (Å²) in [5.74, 6) is 1.72. The average Bonchev–Trinajstić information content (AvgIpc) is 2.82. The van der Waals surface area contributed by atoms with Gasteiger partial charge in [0.05, 0.1) is 37.4 Å². The third-order valence-corrected chi connectivity index (χ3v) is 4.95. The molecule has 0 unspecified atom stereocenters. The van der Waals surface area contributed by atoms with Gasteiger partial charge < -0.3 is 20.1 Å². The molecular weight excluding hydrogens is 406 g/mol. The van der Waals surface area contributed by atoms with Crippen molar-refractivity contribution >= 4 is 23.4 Å². The summed E-state index contributed by atoms with van der Waals surface area (Å²) in [6, 6.07) is 13.4. The molecule has 4 rings (SSSR count). The topological polar surface area (TPSA) is 111 Å². The summed E-state index contributed by atoms with van der Waals surface area (Å²) >= 11 is 0. The van der Waals surface area contributed by atoms with E-state index in [2.05, 4.69) is 30.4 Å². The van der Waals surface area contributed by atoms with E-state index in [9.17, 15) is 0 Å². The van der Waals surface area contributed by atoms with Crippen LogP contribution in [-0.2, 0) is 11.2 Å². The Balaban J connectivity index is 1.49. The van der Waals surface area contributed by atoms with Gasteiger partial charge in [0.15, 0.2) is 5.82 Å². The zero-order chi connectivity index (χ0) is 22.2. The first-order valence-electron chi connectivity index (χ1n) is 10.6. The Bertz CT molecular complexity index is 1050. The van der Waals surface area contributed by atoms with Crippen LogP contribution >= 0.6 is 0 Å². The van der Waals surface area contributed by atoms with Gasteiger partial charge in [-0.2, -0.15) is 10.1 Å². The van der Waals surface area contributed by atoms with Crippen LogP contribution in [0, 0.1) is 6.92 Å². The maximum absolute atomic E-state index is 6.01. The first-order chi connectivity index (χ1) is 15.7. The maximum Gasteiger partial charge on any atom is 0.219 e. The molecule has 9 heteroatoms. The van der Waals surface area contributed by atoms with E-state index in [-0.39, 0.29) is 0 Å². The van der Waals surface area contributed by atoms with E-state index in [1.165, 1.54) is 0 Å². The van der Waals surface area contributed by atoms with E-state index in [1.807, 2.05) is 49.4 Å². The molecule has 32 heavy (non-hydrogen) atoms. The SMILES string of the molecule is Cc1ccc(N)c(N/N=C/c2nc(OCCc3ccccn3)cc(N3CCOCC3)n2)c1. The molecule has 1 fully saturated rings. The number of pyridine rings is 1. The third kappa shape index (κ3) is 5.92. The molecule has 3 N–H and O–H groups in total. The predicted molar refractivity (Wildman–Crippen MR) is 125 cm³/mol. The fraction of sp³-hybridized carbons (Fsp3) is 0.304. The monoisotopic (exact) mass is 433 g/mol. The van der Waals surface area contributed by atoms with Crippen LogP contribution in [0.15, 0.2) is 53.8 Å². The minimum Gasteiger partial charge on any atom is -0.477 e. The fourth-order valence-electron chi connectivity index (χ4n) is 3.25. The molecule has 0 spiro atoms. The summed E-state index contributed by atoms with van der Waals surface area (Å²) in [4.78, 5) is 15.6. The molecule has 0 amide bonds. The number of hydrogen-bond donors (Lipinski definition) is 2. The van der Waals surface area contributed by atoms with Gasteiger partial charge in [-0.05, 0) is 36.8 Å². The number of ether oxygens (including phenoxy) is 2. The van der Waals surface area contributed by atoms with Gasteiger partial charge >= 0.3 is 0 Å². The minimum atomic E-state index is 0.445. The molecule has 1 aromatic carbocycles. The Labute approximate surface area is 187 Å². The number of morpholine rings is 1. The molecule has 0 bridgehead atoms. The van der Waals surface area contributed by atoms with Crippen LogP contribution in [0.2, 0.25) is 0 Å². The highest BCUT2D eigenvalue weighted by molar-refractivity contribution is 5.77. The Morgan fingerprint density at radius 3 is 2.88 bits per heavy atom. The lowest BCUT2D eigenvalue weighted by atomic mass is 10.2. The van der Waals surface area contributed by atoms with Crippen LogP contribution in [0.25, 0.3) is 0 Å². The van der Waals surface area contributed by atoms with Crippen LogP contribution < -0.4 is 20.8 Å². The number of nitrogen functional groups attached to an aromatic ring is 1. The van der Waals surface area contributed by atoms with Crippen molar-refractivity contribution in [2.24, 2.45) is 5.10 Å². The molecule has 3 heterocycles. The van der Waals surface area contributed by atoms with Gasteiger partial charge in [0.1, 0.15) is 5.82 Å². The molecule has 1 saturated heterocycles. The summed E-state index contributed by atoms with van der Waals surface area (Å²) in [7, 11) is 0. The van der Waals surface area contributed by atoms with E-state index in [0.29, 0.717) is 43.6 Å². The van der Waals surface area contributed by atoms with Crippen molar-refractivity contribution in [3.05, 3.63) is 65.7 Å². The summed E-state index contributed by atoms with van der Waals surface area (Å²) in [5, 5.41) is 4.28. The van der Waals surface area contributed by atoms with Crippen molar-refractivity contribution in [1.29, 1.82) is 0 Å². The van der Waals surface area contributed by atoms with Crippen LogP contribution in [0.1, 0.15) is 17.1 Å². The smallest absolute Gasteiger partial charge is 0.219 e. The second-order valence-corrected chi connectivity index (χ2v) is 7.40. The molecule has 0 saturated carbocycles. The minimum absolute atomic E-state index is 0.445. The Morgan fingerprint density at radius 1 is 1.19 bits per heavy atom. The molecule has 1 aliphatic heterocycles. The second kappa shape index (κ2) is 10.5. The average molecular weight is 434 g/mol. The van der Waals surface area contributed by atoms with E-state index >= 15 is 0 Å². The first kappa shape index (κ1) is 21.5. The highest BCUT2D eigenvalue weighted by atomic mass is 16.5. The van der Waals surface area contributed by atoms with Crippen molar-refractivity contribution in [2.45, 2.75) is 13.3 Å². The second-order valence-electron chi connectivity index (χ2n) is 7.40. The standard InChI is InChI=1S/C23H27N7O2/c1-17-5-6-19(24)20(14-17)29-26-16-21-27-22(30-9-12-31-13-10-30)15-23(28-21)32-11-7-18-4-2-3-8-25-18/h2-6,8,14-16,29H,7,9-13,24H2,1H3/b26-16+. The summed E-state index contributed by atoms with van der Waals surface area (Å²) in [6.45, 7) is 5.32. The van der Waals surface area contributed by atoms with E-state index in [0.717, 1.165) is 35.9 Å². The summed E-state index contributed by atoms with van der Waals surface area (Å²) in [5.41, 5.74) is 12.4. The lowest BCUT2D eigenvalue weighted by Gasteiger charge is -2.28. The van der Waals surface area contributed by atoms with Gasteiger partial charge in [0.25, 0.3) is 0 Å². The van der Waals surface area contributed by atoms with Crippen LogP contribution in [-0.4, -0.2) is 54.1 Å². The zero-order valence-corrected chi connectivity index (χ0v) is 18.1. The third-order valence-electron chi connectivity index (χ3n) is 4.95. The van der Waals surface area contributed by atoms with Gasteiger partial charge in [0, 0.05) is 37.5 Å². The molecule has 3 aromatic rings. The quantitative estimate of drug-likeness (QED) is 0.317. The number of hydrogen-bond acceptors (Lipinski definition) is 9. The van der Waals surface area contributed by atoms with Crippen LogP contribution in [0.5, 0.6) is 5.88 Å². The van der Waals surface area contributed by atoms with Gasteiger partial charge in [-0.15, -0.1) is 0 Å². The molecule has 2 aromatic heterocycles. The van der Waals surface area contributed by atoms with Crippen molar-refractivity contribution in [1.82, 2.24) is 15.0 Å². The normalized spacial score (nSPS) is 14.0. The lowest BCUT2D eigenvalue weighted by Crippen LogP contribution is -2.37. The highest BCUT2D eigenvalue weighted by Gasteiger charge is 2.15. The van der Waals surface area contributed by atoms with E-state index in [4.69, 9.17) is 15.2 Å². The Morgan fingerprint density at radius 2 is 2.06 bits per heavy atom. The number of nitrogens with one attached hydrogen (secondary N) is 1. The predicted octanol–water partition coefficient (Wildman–Crippen LogP) is 2.67. The molecule has 0 radical (unpaired) electrons. The van der Waals surface area contributed by atoms with Crippen molar-refractivity contribution in [3.8, 4) is 5.88 Å². The van der Waals surface area contributed by atoms with Gasteiger partial charge in [0.2, 0.25) is 5.88 Å². The number of rotatable bonds is 8. The summed E-state index contributed by atoms with van der Waals surface area (Å²) in [6.07, 6.45) is 4.03. The van der Waals surface area contributed by atoms with Crippen molar-refractivity contribution in [3.63, 3.8) is 0 Å². The first-order valence-corrected chi connectivity index (χ1v) is 10.6. The number of nitrogens with zero attached hydrogens (tertiary/aromatic N) is 5. The summed E-state index contributed by atoms with van der Waals surface area (Å²) < 4.78 is 11.4. The lowest BCUT2D eigenvalue weighted by molar-refractivity contribution is 0.122. The number of anilines is 3. The van der Waals surface area contributed by atoms with E-state index in [1.54, 1.807) is 12.4 Å². The number of benzene rings is 1. The Hall–Kier alpha value is -3.72. The molecule has 0 atom stereocenters. The fourth-order valence-corrected chi connectivity index (χ4v) is 3.25. The number of aryl methyl sites for hydroxylation is 1. The van der Waals surface area contributed by atoms with Crippen LogP contribution in [0.3, 0.4) is 0 Å². The highest BCUT2D eigenvalue weighted by Crippen LogP contribution is 2.20. The van der Waals surface area contributed by atoms with Crippen molar-refractivity contribution < 1.29 is 9.47 Å².